The molecule has 1 aromatic carbocycles. The quantitative estimate of drug-likeness (QED) is 0.865. The summed E-state index contributed by atoms with van der Waals surface area (Å²) in [5, 5.41) is 2.93. The first-order valence-corrected chi connectivity index (χ1v) is 6.54. The summed E-state index contributed by atoms with van der Waals surface area (Å²) < 4.78 is 0. The summed E-state index contributed by atoms with van der Waals surface area (Å²) in [7, 11) is 0. The van der Waals surface area contributed by atoms with Gasteiger partial charge in [-0.25, -0.2) is 14.8 Å². The lowest BCUT2D eigenvalue weighted by atomic mass is 10.1. The number of urea groups is 1. The molecular weight excluding hydrogens is 252 g/mol. The molecule has 5 heteroatoms. The molecule has 2 aromatic rings. The van der Waals surface area contributed by atoms with Gasteiger partial charge in [0.05, 0.1) is 18.8 Å². The van der Waals surface area contributed by atoms with Crippen molar-refractivity contribution in [1.82, 2.24) is 14.9 Å². The molecule has 0 fully saturated rings. The van der Waals surface area contributed by atoms with E-state index in [9.17, 15) is 4.79 Å². The molecule has 1 N–H and O–H groups in total. The maximum absolute atomic E-state index is 12.2. The highest BCUT2D eigenvalue weighted by Gasteiger charge is 2.24. The number of fused-ring (bicyclic) bond motifs is 1. The van der Waals surface area contributed by atoms with Crippen molar-refractivity contribution in [1.29, 1.82) is 0 Å². The lowest BCUT2D eigenvalue weighted by Crippen LogP contribution is -2.30. The van der Waals surface area contributed by atoms with Crippen LogP contribution < -0.4 is 5.32 Å². The molecule has 0 saturated heterocycles. The number of rotatable bonds is 1. The molecule has 0 unspecified atom stereocenters. The van der Waals surface area contributed by atoms with Crippen molar-refractivity contribution < 1.29 is 4.79 Å². The maximum atomic E-state index is 12.2. The number of benzene rings is 1. The fraction of sp³-hybridized carbons (Fsp3) is 0.267. The van der Waals surface area contributed by atoms with Crippen LogP contribution >= 0.6 is 0 Å². The Morgan fingerprint density at radius 3 is 2.85 bits per heavy atom. The number of carbonyl (C=O) groups excluding carboxylic acids is 1. The number of anilines is 1. The first kappa shape index (κ1) is 12.6. The van der Waals surface area contributed by atoms with Crippen LogP contribution in [0.5, 0.6) is 0 Å². The Kier molecular flexibility index (Phi) is 3.10. The average Bonchev–Trinajstić information content (AvgIpc) is 2.87. The molecule has 0 atom stereocenters. The zero-order valence-electron chi connectivity index (χ0n) is 11.6. The minimum absolute atomic E-state index is 0.105. The molecule has 2 amide bonds. The van der Waals surface area contributed by atoms with Gasteiger partial charge in [0.2, 0.25) is 0 Å². The minimum Gasteiger partial charge on any atom is -0.314 e. The lowest BCUT2D eigenvalue weighted by Gasteiger charge is -2.16. The van der Waals surface area contributed by atoms with Crippen LogP contribution in [0.3, 0.4) is 0 Å². The fourth-order valence-electron chi connectivity index (χ4n) is 2.27. The molecular formula is C15H16N4O. The van der Waals surface area contributed by atoms with Crippen LogP contribution in [0.1, 0.15) is 22.4 Å². The van der Waals surface area contributed by atoms with Gasteiger partial charge in [0.15, 0.2) is 0 Å². The standard InChI is InChI=1S/C15H16N4O/c1-10-3-4-13(5-11(10)2)18-15(20)19-7-12-6-16-9-17-14(12)8-19/h3-6,9H,7-8H2,1-2H3,(H,18,20). The summed E-state index contributed by atoms with van der Waals surface area (Å²) in [5.74, 6) is 0. The van der Waals surface area contributed by atoms with Gasteiger partial charge >= 0.3 is 6.03 Å². The summed E-state index contributed by atoms with van der Waals surface area (Å²) in [6, 6.07) is 5.81. The Labute approximate surface area is 117 Å². The van der Waals surface area contributed by atoms with Crippen molar-refractivity contribution >= 4 is 11.7 Å². The molecule has 0 radical (unpaired) electrons. The summed E-state index contributed by atoms with van der Waals surface area (Å²) >= 11 is 0. The first-order chi connectivity index (χ1) is 9.63. The summed E-state index contributed by atoms with van der Waals surface area (Å²) in [5.41, 5.74) is 5.14. The first-order valence-electron chi connectivity index (χ1n) is 6.54. The molecule has 102 valence electrons. The molecule has 0 bridgehead atoms. The van der Waals surface area contributed by atoms with Crippen LogP contribution in [0.15, 0.2) is 30.7 Å². The highest BCUT2D eigenvalue weighted by atomic mass is 16.2. The molecule has 1 aromatic heterocycles. The maximum Gasteiger partial charge on any atom is 0.322 e. The number of hydrogen-bond donors (Lipinski definition) is 1. The predicted molar refractivity (Wildman–Crippen MR) is 76.2 cm³/mol. The molecule has 0 saturated carbocycles. The Balaban J connectivity index is 1.71. The van der Waals surface area contributed by atoms with Gasteiger partial charge in [0.1, 0.15) is 6.33 Å². The number of aromatic nitrogens is 2. The number of nitrogens with one attached hydrogen (secondary N) is 1. The van der Waals surface area contributed by atoms with Crippen molar-refractivity contribution in [2.45, 2.75) is 26.9 Å². The normalized spacial score (nSPS) is 13.2. The number of amides is 2. The second-order valence-corrected chi connectivity index (χ2v) is 5.08. The molecule has 1 aliphatic rings. The third-order valence-corrected chi connectivity index (χ3v) is 3.63. The van der Waals surface area contributed by atoms with Gasteiger partial charge in [0.25, 0.3) is 0 Å². The van der Waals surface area contributed by atoms with Crippen LogP contribution in [0, 0.1) is 13.8 Å². The van der Waals surface area contributed by atoms with E-state index in [1.54, 1.807) is 11.1 Å². The SMILES string of the molecule is Cc1ccc(NC(=O)N2Cc3cncnc3C2)cc1C. The number of nitrogens with zero attached hydrogens (tertiary/aromatic N) is 3. The molecule has 2 heterocycles. The van der Waals surface area contributed by atoms with E-state index in [-0.39, 0.29) is 6.03 Å². The molecule has 1 aliphatic heterocycles. The van der Waals surface area contributed by atoms with Crippen LogP contribution in [-0.4, -0.2) is 20.9 Å². The van der Waals surface area contributed by atoms with E-state index in [4.69, 9.17) is 0 Å². The van der Waals surface area contributed by atoms with E-state index in [0.717, 1.165) is 16.9 Å². The van der Waals surface area contributed by atoms with Crippen LogP contribution in [0.4, 0.5) is 10.5 Å². The van der Waals surface area contributed by atoms with E-state index < -0.39 is 0 Å². The second kappa shape index (κ2) is 4.92. The Morgan fingerprint density at radius 2 is 2.10 bits per heavy atom. The Morgan fingerprint density at radius 1 is 1.25 bits per heavy atom. The van der Waals surface area contributed by atoms with Crippen molar-refractivity contribution in [3.05, 3.63) is 53.1 Å². The average molecular weight is 268 g/mol. The van der Waals surface area contributed by atoms with E-state index in [2.05, 4.69) is 22.2 Å². The Hall–Kier alpha value is -2.43. The van der Waals surface area contributed by atoms with Crippen LogP contribution in [-0.2, 0) is 13.1 Å². The Bertz CT molecular complexity index is 644. The minimum atomic E-state index is -0.105. The second-order valence-electron chi connectivity index (χ2n) is 5.08. The number of carbonyl (C=O) groups is 1. The van der Waals surface area contributed by atoms with E-state index in [0.29, 0.717) is 13.1 Å². The third kappa shape index (κ3) is 2.34. The highest BCUT2D eigenvalue weighted by molar-refractivity contribution is 5.89. The van der Waals surface area contributed by atoms with Gasteiger partial charge in [-0.05, 0) is 37.1 Å². The molecule has 5 nitrogen and oxygen atoms in total. The summed E-state index contributed by atoms with van der Waals surface area (Å²) in [4.78, 5) is 22.2. The predicted octanol–water partition coefficient (Wildman–Crippen LogP) is 2.64. The monoisotopic (exact) mass is 268 g/mol. The van der Waals surface area contributed by atoms with Gasteiger partial charge in [0, 0.05) is 17.4 Å². The van der Waals surface area contributed by atoms with E-state index in [1.807, 2.05) is 25.1 Å². The van der Waals surface area contributed by atoms with Gasteiger partial charge in [-0.15, -0.1) is 0 Å². The topological polar surface area (TPSA) is 58.1 Å². The van der Waals surface area contributed by atoms with E-state index >= 15 is 0 Å². The molecule has 3 rings (SSSR count). The summed E-state index contributed by atoms with van der Waals surface area (Å²) in [6.07, 6.45) is 3.29. The fourth-order valence-corrected chi connectivity index (χ4v) is 2.27. The molecule has 0 spiro atoms. The lowest BCUT2D eigenvalue weighted by molar-refractivity contribution is 0.212. The van der Waals surface area contributed by atoms with Crippen LogP contribution in [0.25, 0.3) is 0 Å². The van der Waals surface area contributed by atoms with Gasteiger partial charge in [-0.3, -0.25) is 0 Å². The third-order valence-electron chi connectivity index (χ3n) is 3.63. The zero-order valence-corrected chi connectivity index (χ0v) is 11.6. The smallest absolute Gasteiger partial charge is 0.314 e. The zero-order chi connectivity index (χ0) is 14.1. The summed E-state index contributed by atoms with van der Waals surface area (Å²) in [6.45, 7) is 5.18. The van der Waals surface area contributed by atoms with E-state index in [1.165, 1.54) is 17.5 Å². The molecule has 20 heavy (non-hydrogen) atoms. The number of hydrogen-bond acceptors (Lipinski definition) is 3. The van der Waals surface area contributed by atoms with Gasteiger partial charge in [-0.1, -0.05) is 6.07 Å². The number of aryl methyl sites for hydroxylation is 2. The van der Waals surface area contributed by atoms with Crippen molar-refractivity contribution in [2.75, 3.05) is 5.32 Å². The van der Waals surface area contributed by atoms with Crippen molar-refractivity contribution in [2.24, 2.45) is 0 Å². The highest BCUT2D eigenvalue weighted by Crippen LogP contribution is 2.21. The van der Waals surface area contributed by atoms with Gasteiger partial charge in [-0.2, -0.15) is 0 Å². The molecule has 0 aliphatic carbocycles. The van der Waals surface area contributed by atoms with Crippen LogP contribution in [0.2, 0.25) is 0 Å². The van der Waals surface area contributed by atoms with Crippen molar-refractivity contribution in [3.8, 4) is 0 Å². The largest absolute Gasteiger partial charge is 0.322 e. The van der Waals surface area contributed by atoms with Gasteiger partial charge < -0.3 is 10.2 Å². The van der Waals surface area contributed by atoms with Crippen molar-refractivity contribution in [3.63, 3.8) is 0 Å².